The molecule has 2 aliphatic rings. The summed E-state index contributed by atoms with van der Waals surface area (Å²) < 4.78 is 41.6. The zero-order valence-corrected chi connectivity index (χ0v) is 12.5. The molecule has 0 atom stereocenters. The minimum absolute atomic E-state index is 0.0574. The zero-order chi connectivity index (χ0) is 14.6. The Balaban J connectivity index is 1.90. The summed E-state index contributed by atoms with van der Waals surface area (Å²) in [6, 6.07) is 0. The van der Waals surface area contributed by atoms with E-state index >= 15 is 0 Å². The van der Waals surface area contributed by atoms with Crippen molar-refractivity contribution in [2.45, 2.75) is 31.5 Å². The van der Waals surface area contributed by atoms with Gasteiger partial charge in [0.25, 0.3) is 0 Å². The first-order chi connectivity index (χ1) is 9.47. The monoisotopic (exact) mass is 307 g/mol. The van der Waals surface area contributed by atoms with Crippen LogP contribution in [0.25, 0.3) is 0 Å². The SMILES string of the molecule is COC(=O)CCCS(=O)(=O)N1CCCC2(C1)OCCO2. The molecule has 0 aromatic carbocycles. The summed E-state index contributed by atoms with van der Waals surface area (Å²) in [6.07, 6.45) is 1.82. The number of esters is 1. The predicted octanol–water partition coefficient (Wildman–Crippen LogP) is 0.108. The fourth-order valence-electron chi connectivity index (χ4n) is 2.55. The molecule has 8 heteroatoms. The summed E-state index contributed by atoms with van der Waals surface area (Å²) in [4.78, 5) is 11.0. The molecule has 1 spiro atoms. The average molecular weight is 307 g/mol. The molecular formula is C12H21NO6S. The van der Waals surface area contributed by atoms with E-state index in [0.717, 1.165) is 12.8 Å². The van der Waals surface area contributed by atoms with E-state index in [0.29, 0.717) is 19.8 Å². The number of rotatable bonds is 5. The molecule has 0 bridgehead atoms. The lowest BCUT2D eigenvalue weighted by atomic mass is 10.1. The van der Waals surface area contributed by atoms with Crippen molar-refractivity contribution in [3.63, 3.8) is 0 Å². The van der Waals surface area contributed by atoms with Crippen molar-refractivity contribution in [1.82, 2.24) is 4.31 Å². The Morgan fingerprint density at radius 2 is 2.05 bits per heavy atom. The van der Waals surface area contributed by atoms with Gasteiger partial charge in [0.05, 0.1) is 32.6 Å². The predicted molar refractivity (Wildman–Crippen MR) is 70.5 cm³/mol. The van der Waals surface area contributed by atoms with Crippen LogP contribution >= 0.6 is 0 Å². The molecule has 2 fully saturated rings. The van der Waals surface area contributed by atoms with Gasteiger partial charge in [-0.25, -0.2) is 8.42 Å². The number of piperidine rings is 1. The lowest BCUT2D eigenvalue weighted by molar-refractivity contribution is -0.179. The lowest BCUT2D eigenvalue weighted by Gasteiger charge is -2.37. The number of hydrogen-bond acceptors (Lipinski definition) is 6. The largest absolute Gasteiger partial charge is 0.469 e. The van der Waals surface area contributed by atoms with Crippen molar-refractivity contribution < 1.29 is 27.4 Å². The minimum atomic E-state index is -3.39. The van der Waals surface area contributed by atoms with Crippen LogP contribution < -0.4 is 0 Å². The van der Waals surface area contributed by atoms with Crippen LogP contribution in [0.5, 0.6) is 0 Å². The van der Waals surface area contributed by atoms with Crippen LogP contribution in [-0.4, -0.2) is 63.6 Å². The summed E-state index contributed by atoms with van der Waals surface area (Å²) in [6.45, 7) is 1.75. The van der Waals surface area contributed by atoms with E-state index in [9.17, 15) is 13.2 Å². The third kappa shape index (κ3) is 3.69. The first-order valence-corrected chi connectivity index (χ1v) is 8.41. The number of ether oxygens (including phenoxy) is 3. The summed E-state index contributed by atoms with van der Waals surface area (Å²) in [5, 5.41) is 0. The van der Waals surface area contributed by atoms with Crippen molar-refractivity contribution >= 4 is 16.0 Å². The van der Waals surface area contributed by atoms with Crippen molar-refractivity contribution in [1.29, 1.82) is 0 Å². The fraction of sp³-hybridized carbons (Fsp3) is 0.917. The van der Waals surface area contributed by atoms with E-state index in [4.69, 9.17) is 9.47 Å². The van der Waals surface area contributed by atoms with Crippen LogP contribution in [0.1, 0.15) is 25.7 Å². The van der Waals surface area contributed by atoms with Crippen molar-refractivity contribution in [2.75, 3.05) is 39.2 Å². The normalized spacial score (nSPS) is 23.1. The van der Waals surface area contributed by atoms with E-state index in [1.54, 1.807) is 0 Å². The summed E-state index contributed by atoms with van der Waals surface area (Å²) in [7, 11) is -2.09. The minimum Gasteiger partial charge on any atom is -0.469 e. The van der Waals surface area contributed by atoms with E-state index in [1.165, 1.54) is 11.4 Å². The molecule has 2 rings (SSSR count). The van der Waals surface area contributed by atoms with Gasteiger partial charge in [-0.05, 0) is 12.8 Å². The van der Waals surface area contributed by atoms with Crippen LogP contribution in [-0.2, 0) is 29.0 Å². The number of carbonyl (C=O) groups is 1. The summed E-state index contributed by atoms with van der Waals surface area (Å²) in [5.41, 5.74) is 0. The topological polar surface area (TPSA) is 82.1 Å². The fourth-order valence-corrected chi connectivity index (χ4v) is 4.12. The average Bonchev–Trinajstić information content (AvgIpc) is 2.86. The molecule has 20 heavy (non-hydrogen) atoms. The van der Waals surface area contributed by atoms with Crippen LogP contribution in [0.3, 0.4) is 0 Å². The Morgan fingerprint density at radius 3 is 2.70 bits per heavy atom. The maximum atomic E-state index is 12.3. The second-order valence-corrected chi connectivity index (χ2v) is 7.13. The Hall–Kier alpha value is -0.700. The van der Waals surface area contributed by atoms with Gasteiger partial charge < -0.3 is 14.2 Å². The van der Waals surface area contributed by atoms with Crippen LogP contribution in [0.2, 0.25) is 0 Å². The van der Waals surface area contributed by atoms with Gasteiger partial charge in [-0.2, -0.15) is 4.31 Å². The molecular weight excluding hydrogens is 286 g/mol. The molecule has 2 aliphatic heterocycles. The number of carbonyl (C=O) groups excluding carboxylic acids is 1. The molecule has 2 heterocycles. The molecule has 0 unspecified atom stereocenters. The highest BCUT2D eigenvalue weighted by Gasteiger charge is 2.43. The molecule has 116 valence electrons. The highest BCUT2D eigenvalue weighted by atomic mass is 32.2. The highest BCUT2D eigenvalue weighted by Crippen LogP contribution is 2.31. The lowest BCUT2D eigenvalue weighted by Crippen LogP contribution is -2.51. The van der Waals surface area contributed by atoms with Gasteiger partial charge in [0.1, 0.15) is 0 Å². The number of methoxy groups -OCH3 is 1. The second-order valence-electron chi connectivity index (χ2n) is 5.04. The van der Waals surface area contributed by atoms with Gasteiger partial charge in [-0.15, -0.1) is 0 Å². The first-order valence-electron chi connectivity index (χ1n) is 6.80. The van der Waals surface area contributed by atoms with Crippen molar-refractivity contribution in [3.8, 4) is 0 Å². The maximum absolute atomic E-state index is 12.3. The Bertz CT molecular complexity index is 443. The van der Waals surface area contributed by atoms with E-state index < -0.39 is 21.8 Å². The van der Waals surface area contributed by atoms with Crippen LogP contribution in [0.4, 0.5) is 0 Å². The van der Waals surface area contributed by atoms with Gasteiger partial charge in [-0.3, -0.25) is 4.79 Å². The molecule has 0 amide bonds. The van der Waals surface area contributed by atoms with Crippen molar-refractivity contribution in [3.05, 3.63) is 0 Å². The third-order valence-corrected chi connectivity index (χ3v) is 5.50. The number of sulfonamides is 1. The number of hydrogen-bond donors (Lipinski definition) is 0. The smallest absolute Gasteiger partial charge is 0.305 e. The summed E-state index contributed by atoms with van der Waals surface area (Å²) in [5.74, 6) is -1.20. The molecule has 7 nitrogen and oxygen atoms in total. The van der Waals surface area contributed by atoms with Crippen LogP contribution in [0, 0.1) is 0 Å². The van der Waals surface area contributed by atoms with E-state index in [2.05, 4.69) is 4.74 Å². The van der Waals surface area contributed by atoms with Gasteiger partial charge >= 0.3 is 5.97 Å². The Labute approximate surface area is 119 Å². The molecule has 0 aromatic rings. The third-order valence-electron chi connectivity index (χ3n) is 3.60. The highest BCUT2D eigenvalue weighted by molar-refractivity contribution is 7.89. The second kappa shape index (κ2) is 6.38. The quantitative estimate of drug-likeness (QED) is 0.670. The molecule has 0 saturated carbocycles. The van der Waals surface area contributed by atoms with Gasteiger partial charge in [0, 0.05) is 19.4 Å². The number of nitrogens with zero attached hydrogens (tertiary/aromatic N) is 1. The van der Waals surface area contributed by atoms with Gasteiger partial charge in [0.15, 0.2) is 5.79 Å². The van der Waals surface area contributed by atoms with E-state index in [1.807, 2.05) is 0 Å². The van der Waals surface area contributed by atoms with Gasteiger partial charge in [0.2, 0.25) is 10.0 Å². The molecule has 0 N–H and O–H groups in total. The maximum Gasteiger partial charge on any atom is 0.305 e. The summed E-state index contributed by atoms with van der Waals surface area (Å²) >= 11 is 0. The van der Waals surface area contributed by atoms with Crippen molar-refractivity contribution in [2.24, 2.45) is 0 Å². The Kier molecular flexibility index (Phi) is 5.00. The standard InChI is InChI=1S/C12H21NO6S/c1-17-11(14)4-2-9-20(15,16)13-6-3-5-12(10-13)18-7-8-19-12/h2-10H2,1H3. The Morgan fingerprint density at radius 1 is 1.35 bits per heavy atom. The molecule has 0 radical (unpaired) electrons. The van der Waals surface area contributed by atoms with Crippen LogP contribution in [0.15, 0.2) is 0 Å². The molecule has 2 saturated heterocycles. The molecule has 0 aromatic heterocycles. The zero-order valence-electron chi connectivity index (χ0n) is 11.7. The van der Waals surface area contributed by atoms with Gasteiger partial charge in [-0.1, -0.05) is 0 Å². The molecule has 0 aliphatic carbocycles. The van der Waals surface area contributed by atoms with E-state index in [-0.39, 0.29) is 25.1 Å². The first kappa shape index (κ1) is 15.7.